The van der Waals surface area contributed by atoms with Crippen molar-refractivity contribution >= 4 is 11.8 Å². The van der Waals surface area contributed by atoms with E-state index in [4.69, 9.17) is 0 Å². The zero-order valence-electron chi connectivity index (χ0n) is 17.2. The topological polar surface area (TPSA) is 61.4 Å². The standard InChI is InChI=1S/C22H39N3O2/c1-2-15-25(20-11-13-23-14-12-20)22(27)18-7-9-19(10-8-18)24-21(26)16-17-5-3-4-6-17/h17-20,23H,2-16H2,1H3,(H,24,26). The first kappa shape index (κ1) is 20.6. The molecule has 0 unspecified atom stereocenters. The summed E-state index contributed by atoms with van der Waals surface area (Å²) in [7, 11) is 0. The lowest BCUT2D eigenvalue weighted by molar-refractivity contribution is -0.139. The van der Waals surface area contributed by atoms with Crippen LogP contribution < -0.4 is 10.6 Å². The van der Waals surface area contributed by atoms with E-state index in [2.05, 4.69) is 22.5 Å². The molecule has 2 aliphatic carbocycles. The maximum atomic E-state index is 13.2. The van der Waals surface area contributed by atoms with Crippen molar-refractivity contribution < 1.29 is 9.59 Å². The third kappa shape index (κ3) is 5.94. The van der Waals surface area contributed by atoms with Crippen LogP contribution in [0, 0.1) is 11.8 Å². The Hall–Kier alpha value is -1.10. The molecule has 5 heteroatoms. The van der Waals surface area contributed by atoms with Gasteiger partial charge in [0.25, 0.3) is 0 Å². The number of nitrogens with zero attached hydrogens (tertiary/aromatic N) is 1. The molecule has 0 aromatic carbocycles. The van der Waals surface area contributed by atoms with E-state index in [1.165, 1.54) is 25.7 Å². The molecular formula is C22H39N3O2. The first-order valence-electron chi connectivity index (χ1n) is 11.5. The highest BCUT2D eigenvalue weighted by atomic mass is 16.2. The van der Waals surface area contributed by atoms with Crippen LogP contribution in [0.25, 0.3) is 0 Å². The van der Waals surface area contributed by atoms with Crippen LogP contribution in [0.4, 0.5) is 0 Å². The fraction of sp³-hybridized carbons (Fsp3) is 0.909. The van der Waals surface area contributed by atoms with Crippen LogP contribution in [-0.4, -0.2) is 48.4 Å². The Balaban J connectivity index is 1.43. The maximum absolute atomic E-state index is 13.2. The Bertz CT molecular complexity index is 476. The van der Waals surface area contributed by atoms with E-state index in [1.54, 1.807) is 0 Å². The van der Waals surface area contributed by atoms with Gasteiger partial charge in [-0.25, -0.2) is 0 Å². The van der Waals surface area contributed by atoms with E-state index in [0.29, 0.717) is 24.3 Å². The van der Waals surface area contributed by atoms with Gasteiger partial charge in [0, 0.05) is 31.0 Å². The maximum Gasteiger partial charge on any atom is 0.225 e. The molecular weight excluding hydrogens is 338 g/mol. The Labute approximate surface area is 165 Å². The van der Waals surface area contributed by atoms with Gasteiger partial charge >= 0.3 is 0 Å². The van der Waals surface area contributed by atoms with Crippen molar-refractivity contribution in [1.29, 1.82) is 0 Å². The van der Waals surface area contributed by atoms with Gasteiger partial charge < -0.3 is 15.5 Å². The van der Waals surface area contributed by atoms with Crippen molar-refractivity contribution in [3.63, 3.8) is 0 Å². The minimum absolute atomic E-state index is 0.161. The normalized spacial score (nSPS) is 27.4. The monoisotopic (exact) mass is 377 g/mol. The number of carbonyl (C=O) groups excluding carboxylic acids is 2. The van der Waals surface area contributed by atoms with Crippen molar-refractivity contribution in [3.8, 4) is 0 Å². The molecule has 27 heavy (non-hydrogen) atoms. The molecule has 0 bridgehead atoms. The molecule has 0 aromatic heterocycles. The molecule has 2 amide bonds. The first-order valence-corrected chi connectivity index (χ1v) is 11.5. The number of rotatable bonds is 7. The van der Waals surface area contributed by atoms with Gasteiger partial charge in [0.1, 0.15) is 0 Å². The van der Waals surface area contributed by atoms with E-state index >= 15 is 0 Å². The molecule has 2 N–H and O–H groups in total. The average molecular weight is 378 g/mol. The lowest BCUT2D eigenvalue weighted by Crippen LogP contribution is -2.49. The number of piperidine rings is 1. The highest BCUT2D eigenvalue weighted by Crippen LogP contribution is 2.30. The summed E-state index contributed by atoms with van der Waals surface area (Å²) in [6.07, 6.45) is 12.7. The fourth-order valence-corrected chi connectivity index (χ4v) is 5.31. The van der Waals surface area contributed by atoms with Crippen LogP contribution in [0.15, 0.2) is 0 Å². The molecule has 0 radical (unpaired) electrons. The Morgan fingerprint density at radius 3 is 2.26 bits per heavy atom. The Kier molecular flexibility index (Phi) is 7.98. The van der Waals surface area contributed by atoms with Gasteiger partial charge in [-0.2, -0.15) is 0 Å². The predicted molar refractivity (Wildman–Crippen MR) is 108 cm³/mol. The van der Waals surface area contributed by atoms with E-state index < -0.39 is 0 Å². The second-order valence-electron chi connectivity index (χ2n) is 8.98. The summed E-state index contributed by atoms with van der Waals surface area (Å²) in [5.74, 6) is 1.38. The van der Waals surface area contributed by atoms with Gasteiger partial charge in [-0.05, 0) is 76.8 Å². The molecule has 3 aliphatic rings. The van der Waals surface area contributed by atoms with Gasteiger partial charge in [-0.15, -0.1) is 0 Å². The summed E-state index contributed by atoms with van der Waals surface area (Å²) in [5, 5.41) is 6.65. The summed E-state index contributed by atoms with van der Waals surface area (Å²) in [5.41, 5.74) is 0. The molecule has 154 valence electrons. The van der Waals surface area contributed by atoms with Crippen LogP contribution in [0.5, 0.6) is 0 Å². The summed E-state index contributed by atoms with van der Waals surface area (Å²) < 4.78 is 0. The fourth-order valence-electron chi connectivity index (χ4n) is 5.31. The zero-order valence-corrected chi connectivity index (χ0v) is 17.2. The van der Waals surface area contributed by atoms with E-state index in [9.17, 15) is 9.59 Å². The highest BCUT2D eigenvalue weighted by molar-refractivity contribution is 5.79. The second kappa shape index (κ2) is 10.4. The number of nitrogens with one attached hydrogen (secondary N) is 2. The van der Waals surface area contributed by atoms with Gasteiger partial charge in [0.05, 0.1) is 0 Å². The summed E-state index contributed by atoms with van der Waals surface area (Å²) in [4.78, 5) is 27.6. The second-order valence-corrected chi connectivity index (χ2v) is 8.98. The Morgan fingerprint density at radius 2 is 1.63 bits per heavy atom. The van der Waals surface area contributed by atoms with Crippen LogP contribution >= 0.6 is 0 Å². The third-order valence-corrected chi connectivity index (χ3v) is 6.89. The summed E-state index contributed by atoms with van der Waals surface area (Å²) in [6, 6.07) is 0.698. The lowest BCUT2D eigenvalue weighted by Gasteiger charge is -2.38. The molecule has 2 saturated carbocycles. The van der Waals surface area contributed by atoms with E-state index in [0.717, 1.165) is 64.6 Å². The number of hydrogen-bond donors (Lipinski definition) is 2. The molecule has 3 rings (SSSR count). The zero-order chi connectivity index (χ0) is 19.1. The van der Waals surface area contributed by atoms with E-state index in [-0.39, 0.29) is 17.9 Å². The molecule has 5 nitrogen and oxygen atoms in total. The van der Waals surface area contributed by atoms with Crippen LogP contribution in [0.3, 0.4) is 0 Å². The summed E-state index contributed by atoms with van der Waals surface area (Å²) >= 11 is 0. The molecule has 1 heterocycles. The largest absolute Gasteiger partial charge is 0.353 e. The Morgan fingerprint density at radius 1 is 0.963 bits per heavy atom. The molecule has 3 fully saturated rings. The molecule has 0 aromatic rings. The van der Waals surface area contributed by atoms with Crippen LogP contribution in [0.2, 0.25) is 0 Å². The lowest BCUT2D eigenvalue weighted by atomic mass is 9.84. The first-order chi connectivity index (χ1) is 13.2. The van der Waals surface area contributed by atoms with Gasteiger partial charge in [0.2, 0.25) is 11.8 Å². The molecule has 0 spiro atoms. The van der Waals surface area contributed by atoms with Crippen molar-refractivity contribution in [2.45, 2.75) is 96.1 Å². The number of amides is 2. The minimum Gasteiger partial charge on any atom is -0.353 e. The SMILES string of the molecule is CCCN(C(=O)C1CCC(NC(=O)CC2CCCC2)CC1)C1CCNCC1. The van der Waals surface area contributed by atoms with Gasteiger partial charge in [0.15, 0.2) is 0 Å². The molecule has 1 saturated heterocycles. The molecule has 1 aliphatic heterocycles. The van der Waals surface area contributed by atoms with Crippen molar-refractivity contribution in [3.05, 3.63) is 0 Å². The van der Waals surface area contributed by atoms with Crippen molar-refractivity contribution in [2.24, 2.45) is 11.8 Å². The average Bonchev–Trinajstić information content (AvgIpc) is 3.19. The van der Waals surface area contributed by atoms with Crippen molar-refractivity contribution in [2.75, 3.05) is 19.6 Å². The molecule has 0 atom stereocenters. The minimum atomic E-state index is 0.161. The van der Waals surface area contributed by atoms with Gasteiger partial charge in [-0.1, -0.05) is 19.8 Å². The smallest absolute Gasteiger partial charge is 0.225 e. The third-order valence-electron chi connectivity index (χ3n) is 6.89. The van der Waals surface area contributed by atoms with Crippen molar-refractivity contribution in [1.82, 2.24) is 15.5 Å². The van der Waals surface area contributed by atoms with Gasteiger partial charge in [-0.3, -0.25) is 9.59 Å². The predicted octanol–water partition coefficient (Wildman–Crippen LogP) is 3.23. The van der Waals surface area contributed by atoms with Crippen LogP contribution in [0.1, 0.15) is 84.0 Å². The number of hydrogen-bond acceptors (Lipinski definition) is 3. The highest BCUT2D eigenvalue weighted by Gasteiger charge is 2.33. The summed E-state index contributed by atoms with van der Waals surface area (Å²) in [6.45, 7) is 5.11. The quantitative estimate of drug-likeness (QED) is 0.716. The van der Waals surface area contributed by atoms with Crippen LogP contribution in [-0.2, 0) is 9.59 Å². The number of carbonyl (C=O) groups is 2. The van der Waals surface area contributed by atoms with E-state index in [1.807, 2.05) is 0 Å².